The fourth-order valence-electron chi connectivity index (χ4n) is 4.38. The molecule has 1 aromatic carbocycles. The molecule has 0 amide bonds. The third kappa shape index (κ3) is 2.91. The zero-order valence-electron chi connectivity index (χ0n) is 17.7. The second-order valence-electron chi connectivity index (χ2n) is 8.30. The van der Waals surface area contributed by atoms with Crippen LogP contribution >= 0.6 is 11.3 Å². The van der Waals surface area contributed by atoms with Crippen molar-refractivity contribution in [2.45, 2.75) is 38.2 Å². The average Bonchev–Trinajstić information content (AvgIpc) is 3.19. The molecule has 6 rings (SSSR count). The number of aliphatic hydroxyl groups is 1. The number of aromatic amines is 1. The van der Waals surface area contributed by atoms with E-state index in [9.17, 15) is 5.11 Å². The number of hydrogen-bond donors (Lipinski definition) is 2. The van der Waals surface area contributed by atoms with Crippen LogP contribution in [-0.4, -0.2) is 30.2 Å². The molecule has 5 aromatic rings. The van der Waals surface area contributed by atoms with Gasteiger partial charge in [0.05, 0.1) is 16.7 Å². The second kappa shape index (κ2) is 7.08. The summed E-state index contributed by atoms with van der Waals surface area (Å²) in [4.78, 5) is 17.2. The summed E-state index contributed by atoms with van der Waals surface area (Å²) in [6, 6.07) is 7.75. The first kappa shape index (κ1) is 19.3. The molecule has 8 heteroatoms. The van der Waals surface area contributed by atoms with E-state index < -0.39 is 5.60 Å². The molecule has 1 aliphatic rings. The van der Waals surface area contributed by atoms with Crippen LogP contribution in [0.2, 0.25) is 0 Å². The van der Waals surface area contributed by atoms with E-state index in [0.717, 1.165) is 52.3 Å². The molecule has 7 nitrogen and oxygen atoms in total. The molecule has 0 bridgehead atoms. The van der Waals surface area contributed by atoms with Crippen molar-refractivity contribution in [2.24, 2.45) is 0 Å². The fourth-order valence-corrected chi connectivity index (χ4v) is 5.15. The lowest BCUT2D eigenvalue weighted by molar-refractivity contribution is 0.126. The van der Waals surface area contributed by atoms with E-state index in [2.05, 4.69) is 26.2 Å². The summed E-state index contributed by atoms with van der Waals surface area (Å²) in [5.74, 6) is 2.14. The number of H-pyrrole nitrogens is 1. The minimum atomic E-state index is -1.51. The van der Waals surface area contributed by atoms with E-state index in [1.54, 1.807) is 18.6 Å². The van der Waals surface area contributed by atoms with Crippen LogP contribution in [0.3, 0.4) is 0 Å². The Kier molecular flexibility index (Phi) is 4.28. The smallest absolute Gasteiger partial charge is 0.170 e. The number of thiazole rings is 1. The largest absolute Gasteiger partial charge is 0.373 e. The molecule has 160 valence electrons. The van der Waals surface area contributed by atoms with E-state index in [1.807, 2.05) is 37.4 Å². The van der Waals surface area contributed by atoms with E-state index in [4.69, 9.17) is 9.51 Å². The number of pyridine rings is 1. The van der Waals surface area contributed by atoms with Gasteiger partial charge in [-0.05, 0) is 50.5 Å². The Morgan fingerprint density at radius 1 is 1.22 bits per heavy atom. The molecule has 4 heterocycles. The molecular formula is C24H21N5O2S. The molecule has 1 unspecified atom stereocenters. The monoisotopic (exact) mass is 443 g/mol. The number of rotatable bonds is 5. The number of hydrogen-bond acceptors (Lipinski definition) is 7. The summed E-state index contributed by atoms with van der Waals surface area (Å²) in [5.41, 5.74) is 4.04. The van der Waals surface area contributed by atoms with Crippen molar-refractivity contribution in [3.05, 3.63) is 81.6 Å². The molecule has 0 aliphatic heterocycles. The zero-order valence-corrected chi connectivity index (χ0v) is 18.5. The standard InChI is InChI=1S/C24H21N5O2S/c1-13-20(14(2)31-29-13)16-10-18(21-19(11-16)27-22(28-21)15-5-6-15)24(30,23-26-8-9-32-23)17-4-3-7-25-12-17/h3-4,7-12,15,30H,5-6H2,1-2H3,(H,27,28). The zero-order chi connectivity index (χ0) is 21.9. The SMILES string of the molecule is Cc1noc(C)c1-c1cc(C(O)(c2cccnc2)c2nccs2)c2nc(C3CC3)[nH]c2c1. The van der Waals surface area contributed by atoms with Crippen LogP contribution in [-0.2, 0) is 5.60 Å². The van der Waals surface area contributed by atoms with Crippen LogP contribution in [0.4, 0.5) is 0 Å². The van der Waals surface area contributed by atoms with E-state index in [-0.39, 0.29) is 0 Å². The van der Waals surface area contributed by atoms with Gasteiger partial charge in [-0.25, -0.2) is 9.97 Å². The molecule has 1 saturated carbocycles. The first-order chi connectivity index (χ1) is 15.6. The highest BCUT2D eigenvalue weighted by atomic mass is 32.1. The summed E-state index contributed by atoms with van der Waals surface area (Å²) < 4.78 is 5.44. The third-order valence-electron chi connectivity index (χ3n) is 6.10. The van der Waals surface area contributed by atoms with Gasteiger partial charge in [0, 0.05) is 46.6 Å². The summed E-state index contributed by atoms with van der Waals surface area (Å²) in [7, 11) is 0. The van der Waals surface area contributed by atoms with Gasteiger partial charge >= 0.3 is 0 Å². The van der Waals surface area contributed by atoms with Crippen LogP contribution in [0, 0.1) is 13.8 Å². The molecule has 1 fully saturated rings. The molecule has 0 saturated heterocycles. The lowest BCUT2D eigenvalue weighted by Crippen LogP contribution is -2.29. The van der Waals surface area contributed by atoms with Gasteiger partial charge in [-0.2, -0.15) is 0 Å². The minimum Gasteiger partial charge on any atom is -0.373 e. The molecule has 2 N–H and O–H groups in total. The Hall–Kier alpha value is -3.36. The van der Waals surface area contributed by atoms with Crippen LogP contribution in [0.1, 0.15) is 52.2 Å². The van der Waals surface area contributed by atoms with Crippen molar-refractivity contribution in [3.63, 3.8) is 0 Å². The molecule has 0 spiro atoms. The highest BCUT2D eigenvalue weighted by molar-refractivity contribution is 7.09. The maximum atomic E-state index is 12.4. The second-order valence-corrected chi connectivity index (χ2v) is 9.20. The number of imidazole rings is 1. The van der Waals surface area contributed by atoms with Gasteiger partial charge in [-0.3, -0.25) is 4.98 Å². The molecule has 1 aliphatic carbocycles. The van der Waals surface area contributed by atoms with Crippen LogP contribution in [0.25, 0.3) is 22.2 Å². The number of aryl methyl sites for hydroxylation is 2. The Morgan fingerprint density at radius 2 is 2.09 bits per heavy atom. The van der Waals surface area contributed by atoms with Gasteiger partial charge in [0.2, 0.25) is 0 Å². The Balaban J connectivity index is 1.69. The average molecular weight is 444 g/mol. The van der Waals surface area contributed by atoms with Crippen LogP contribution < -0.4 is 0 Å². The van der Waals surface area contributed by atoms with E-state index in [1.165, 1.54) is 11.3 Å². The third-order valence-corrected chi connectivity index (χ3v) is 6.98. The quantitative estimate of drug-likeness (QED) is 0.403. The minimum absolute atomic E-state index is 0.448. The summed E-state index contributed by atoms with van der Waals surface area (Å²) in [5, 5.41) is 18.9. The fraction of sp³-hybridized carbons (Fsp3) is 0.250. The first-order valence-corrected chi connectivity index (χ1v) is 11.4. The number of benzene rings is 1. The van der Waals surface area contributed by atoms with E-state index >= 15 is 0 Å². The van der Waals surface area contributed by atoms with Gasteiger partial charge in [0.15, 0.2) is 5.60 Å². The van der Waals surface area contributed by atoms with Gasteiger partial charge in [-0.1, -0.05) is 11.2 Å². The van der Waals surface area contributed by atoms with Gasteiger partial charge < -0.3 is 14.6 Å². The first-order valence-electron chi connectivity index (χ1n) is 10.6. The predicted octanol–water partition coefficient (Wildman–Crippen LogP) is 4.85. The lowest BCUT2D eigenvalue weighted by Gasteiger charge is -2.27. The van der Waals surface area contributed by atoms with Crippen molar-refractivity contribution in [1.82, 2.24) is 25.1 Å². The molecule has 32 heavy (non-hydrogen) atoms. The summed E-state index contributed by atoms with van der Waals surface area (Å²) in [6.45, 7) is 3.82. The lowest BCUT2D eigenvalue weighted by atomic mass is 9.85. The number of fused-ring (bicyclic) bond motifs is 1. The molecular weight excluding hydrogens is 422 g/mol. The van der Waals surface area contributed by atoms with Crippen molar-refractivity contribution >= 4 is 22.4 Å². The van der Waals surface area contributed by atoms with Crippen molar-refractivity contribution in [3.8, 4) is 11.1 Å². The maximum Gasteiger partial charge on any atom is 0.170 e. The Bertz CT molecular complexity index is 1400. The predicted molar refractivity (Wildman–Crippen MR) is 121 cm³/mol. The summed E-state index contributed by atoms with van der Waals surface area (Å²) in [6.07, 6.45) is 7.35. The molecule has 4 aromatic heterocycles. The normalized spacial score (nSPS) is 15.8. The molecule has 0 radical (unpaired) electrons. The highest BCUT2D eigenvalue weighted by Gasteiger charge is 2.40. The maximum absolute atomic E-state index is 12.4. The Labute approximate surface area is 188 Å². The van der Waals surface area contributed by atoms with Crippen molar-refractivity contribution in [2.75, 3.05) is 0 Å². The van der Waals surface area contributed by atoms with Crippen molar-refractivity contribution in [1.29, 1.82) is 0 Å². The highest BCUT2D eigenvalue weighted by Crippen LogP contribution is 2.45. The van der Waals surface area contributed by atoms with E-state index in [0.29, 0.717) is 22.1 Å². The van der Waals surface area contributed by atoms with Gasteiger partial charge in [0.25, 0.3) is 0 Å². The van der Waals surface area contributed by atoms with Crippen LogP contribution in [0.5, 0.6) is 0 Å². The van der Waals surface area contributed by atoms with Gasteiger partial charge in [-0.15, -0.1) is 11.3 Å². The Morgan fingerprint density at radius 3 is 2.75 bits per heavy atom. The van der Waals surface area contributed by atoms with Crippen molar-refractivity contribution < 1.29 is 9.63 Å². The number of aromatic nitrogens is 5. The summed E-state index contributed by atoms with van der Waals surface area (Å²) >= 11 is 1.41. The number of nitrogens with one attached hydrogen (secondary N) is 1. The molecule has 1 atom stereocenters. The topological polar surface area (TPSA) is 101 Å². The van der Waals surface area contributed by atoms with Crippen LogP contribution in [0.15, 0.2) is 52.8 Å². The van der Waals surface area contributed by atoms with Gasteiger partial charge in [0.1, 0.15) is 16.6 Å². The number of nitrogens with zero attached hydrogens (tertiary/aromatic N) is 4.